The summed E-state index contributed by atoms with van der Waals surface area (Å²) in [6.45, 7) is 1.55. The SMILES string of the molecule is O=C(O)C1CNCCS1. The van der Waals surface area contributed by atoms with Crippen molar-refractivity contribution in [2.24, 2.45) is 0 Å². The zero-order valence-electron chi connectivity index (χ0n) is 4.96. The fraction of sp³-hybridized carbons (Fsp3) is 0.800. The Morgan fingerprint density at radius 1 is 1.78 bits per heavy atom. The molecule has 0 spiro atoms. The molecule has 1 aliphatic heterocycles. The molecule has 9 heavy (non-hydrogen) atoms. The zero-order valence-corrected chi connectivity index (χ0v) is 5.78. The van der Waals surface area contributed by atoms with Crippen molar-refractivity contribution in [2.75, 3.05) is 18.8 Å². The Kier molecular flexibility index (Phi) is 2.36. The van der Waals surface area contributed by atoms with E-state index in [0.29, 0.717) is 6.54 Å². The van der Waals surface area contributed by atoms with Crippen molar-refractivity contribution in [3.05, 3.63) is 0 Å². The van der Waals surface area contributed by atoms with Gasteiger partial charge in [-0.3, -0.25) is 4.79 Å². The first-order valence-electron chi connectivity index (χ1n) is 2.86. The van der Waals surface area contributed by atoms with Gasteiger partial charge in [-0.2, -0.15) is 0 Å². The van der Waals surface area contributed by atoms with Gasteiger partial charge in [0, 0.05) is 18.8 Å². The van der Waals surface area contributed by atoms with E-state index in [2.05, 4.69) is 5.32 Å². The Labute approximate surface area is 57.8 Å². The van der Waals surface area contributed by atoms with E-state index in [-0.39, 0.29) is 5.25 Å². The Morgan fingerprint density at radius 3 is 2.89 bits per heavy atom. The predicted molar refractivity (Wildman–Crippen MR) is 36.8 cm³/mol. The molecular weight excluding hydrogens is 138 g/mol. The molecule has 0 aromatic rings. The first kappa shape index (κ1) is 6.89. The molecule has 1 fully saturated rings. The highest BCUT2D eigenvalue weighted by atomic mass is 32.2. The summed E-state index contributed by atoms with van der Waals surface area (Å²) in [6.07, 6.45) is 0. The molecule has 1 saturated heterocycles. The van der Waals surface area contributed by atoms with Crippen molar-refractivity contribution in [1.82, 2.24) is 5.32 Å². The first-order chi connectivity index (χ1) is 4.30. The van der Waals surface area contributed by atoms with E-state index in [1.54, 1.807) is 0 Å². The standard InChI is InChI=1S/C5H9NO2S/c7-5(8)4-3-6-1-2-9-4/h4,6H,1-3H2,(H,7,8). The maximum absolute atomic E-state index is 10.3. The maximum Gasteiger partial charge on any atom is 0.317 e. The van der Waals surface area contributed by atoms with Gasteiger partial charge in [-0.15, -0.1) is 11.8 Å². The molecule has 2 N–H and O–H groups in total. The molecule has 1 aliphatic rings. The molecule has 0 aliphatic carbocycles. The Balaban J connectivity index is 2.31. The van der Waals surface area contributed by atoms with Gasteiger partial charge >= 0.3 is 5.97 Å². The van der Waals surface area contributed by atoms with Crippen molar-refractivity contribution in [3.8, 4) is 0 Å². The highest BCUT2D eigenvalue weighted by molar-refractivity contribution is 8.00. The lowest BCUT2D eigenvalue weighted by Gasteiger charge is -2.17. The summed E-state index contributed by atoms with van der Waals surface area (Å²) < 4.78 is 0. The molecule has 1 heterocycles. The summed E-state index contributed by atoms with van der Waals surface area (Å²) in [5.41, 5.74) is 0. The summed E-state index contributed by atoms with van der Waals surface area (Å²) in [5, 5.41) is 11.3. The Morgan fingerprint density at radius 2 is 2.56 bits per heavy atom. The minimum absolute atomic E-state index is 0.223. The number of carbonyl (C=O) groups is 1. The molecular formula is C5H9NO2S. The second kappa shape index (κ2) is 3.08. The van der Waals surface area contributed by atoms with Gasteiger partial charge in [-0.05, 0) is 0 Å². The van der Waals surface area contributed by atoms with Crippen molar-refractivity contribution in [3.63, 3.8) is 0 Å². The van der Waals surface area contributed by atoms with E-state index in [1.165, 1.54) is 11.8 Å². The topological polar surface area (TPSA) is 49.3 Å². The monoisotopic (exact) mass is 147 g/mol. The molecule has 1 atom stereocenters. The third-order valence-corrected chi connectivity index (χ3v) is 2.41. The molecule has 0 bridgehead atoms. The lowest BCUT2D eigenvalue weighted by Crippen LogP contribution is -2.37. The number of aliphatic carboxylic acids is 1. The molecule has 0 radical (unpaired) electrons. The second-order valence-corrected chi connectivity index (χ2v) is 3.21. The van der Waals surface area contributed by atoms with E-state index in [9.17, 15) is 4.79 Å². The molecule has 3 nitrogen and oxygen atoms in total. The van der Waals surface area contributed by atoms with Crippen LogP contribution in [0.2, 0.25) is 0 Å². The van der Waals surface area contributed by atoms with Crippen LogP contribution in [0.3, 0.4) is 0 Å². The molecule has 0 aromatic heterocycles. The number of hydrogen-bond acceptors (Lipinski definition) is 3. The van der Waals surface area contributed by atoms with Crippen LogP contribution in [-0.4, -0.2) is 35.2 Å². The van der Waals surface area contributed by atoms with E-state index >= 15 is 0 Å². The van der Waals surface area contributed by atoms with Crippen molar-refractivity contribution in [1.29, 1.82) is 0 Å². The number of carboxylic acids is 1. The smallest absolute Gasteiger partial charge is 0.317 e. The fourth-order valence-electron chi connectivity index (χ4n) is 0.724. The van der Waals surface area contributed by atoms with E-state index in [0.717, 1.165) is 12.3 Å². The average Bonchev–Trinajstić information content (AvgIpc) is 1.90. The number of hydrogen-bond donors (Lipinski definition) is 2. The van der Waals surface area contributed by atoms with Crippen LogP contribution in [-0.2, 0) is 4.79 Å². The summed E-state index contributed by atoms with van der Waals surface area (Å²) in [5.74, 6) is 0.212. The van der Waals surface area contributed by atoms with E-state index in [4.69, 9.17) is 5.11 Å². The molecule has 0 aromatic carbocycles. The fourth-order valence-corrected chi connectivity index (χ4v) is 1.65. The number of thioether (sulfide) groups is 1. The average molecular weight is 147 g/mol. The lowest BCUT2D eigenvalue weighted by molar-refractivity contribution is -0.136. The minimum Gasteiger partial charge on any atom is -0.480 e. The van der Waals surface area contributed by atoms with Crippen LogP contribution in [0.5, 0.6) is 0 Å². The molecule has 0 amide bonds. The summed E-state index contributed by atoms with van der Waals surface area (Å²) in [6, 6.07) is 0. The molecule has 4 heteroatoms. The van der Waals surface area contributed by atoms with Gasteiger partial charge in [0.25, 0.3) is 0 Å². The zero-order chi connectivity index (χ0) is 6.69. The number of nitrogens with one attached hydrogen (secondary N) is 1. The third-order valence-electron chi connectivity index (χ3n) is 1.20. The molecule has 1 rings (SSSR count). The number of carboxylic acid groups (broad SMARTS) is 1. The van der Waals surface area contributed by atoms with Gasteiger partial charge in [0.05, 0.1) is 0 Å². The van der Waals surface area contributed by atoms with Crippen molar-refractivity contribution in [2.45, 2.75) is 5.25 Å². The first-order valence-corrected chi connectivity index (χ1v) is 3.90. The molecule has 1 unspecified atom stereocenters. The van der Waals surface area contributed by atoms with Crippen LogP contribution in [0.15, 0.2) is 0 Å². The van der Waals surface area contributed by atoms with Crippen LogP contribution in [0, 0.1) is 0 Å². The van der Waals surface area contributed by atoms with Crippen molar-refractivity contribution < 1.29 is 9.90 Å². The van der Waals surface area contributed by atoms with Crippen LogP contribution in [0.4, 0.5) is 0 Å². The highest BCUT2D eigenvalue weighted by Crippen LogP contribution is 2.12. The van der Waals surface area contributed by atoms with Gasteiger partial charge in [-0.25, -0.2) is 0 Å². The quantitative estimate of drug-likeness (QED) is 0.538. The van der Waals surface area contributed by atoms with Crippen LogP contribution in [0.1, 0.15) is 0 Å². The second-order valence-electron chi connectivity index (χ2n) is 1.90. The van der Waals surface area contributed by atoms with Crippen LogP contribution >= 0.6 is 11.8 Å². The normalized spacial score (nSPS) is 27.8. The van der Waals surface area contributed by atoms with Gasteiger partial charge < -0.3 is 10.4 Å². The third kappa shape index (κ3) is 1.87. The van der Waals surface area contributed by atoms with Crippen LogP contribution < -0.4 is 5.32 Å². The van der Waals surface area contributed by atoms with E-state index in [1.807, 2.05) is 0 Å². The minimum atomic E-state index is -0.702. The molecule has 0 saturated carbocycles. The summed E-state index contributed by atoms with van der Waals surface area (Å²) >= 11 is 1.51. The van der Waals surface area contributed by atoms with Crippen LogP contribution in [0.25, 0.3) is 0 Å². The summed E-state index contributed by atoms with van der Waals surface area (Å²) in [7, 11) is 0. The van der Waals surface area contributed by atoms with Gasteiger partial charge in [0.2, 0.25) is 0 Å². The Hall–Kier alpha value is -0.220. The summed E-state index contributed by atoms with van der Waals surface area (Å²) in [4.78, 5) is 10.3. The van der Waals surface area contributed by atoms with Gasteiger partial charge in [0.15, 0.2) is 0 Å². The largest absolute Gasteiger partial charge is 0.480 e. The predicted octanol–water partition coefficient (Wildman–Crippen LogP) is -0.224. The van der Waals surface area contributed by atoms with Gasteiger partial charge in [0.1, 0.15) is 5.25 Å². The van der Waals surface area contributed by atoms with Gasteiger partial charge in [-0.1, -0.05) is 0 Å². The van der Waals surface area contributed by atoms with Crippen molar-refractivity contribution >= 4 is 17.7 Å². The number of rotatable bonds is 1. The lowest BCUT2D eigenvalue weighted by atomic mass is 10.4. The highest BCUT2D eigenvalue weighted by Gasteiger charge is 2.19. The Bertz CT molecular complexity index is 112. The van der Waals surface area contributed by atoms with E-state index < -0.39 is 5.97 Å². The molecule has 52 valence electrons. The maximum atomic E-state index is 10.3.